The van der Waals surface area contributed by atoms with Crippen LogP contribution in [-0.4, -0.2) is 32.7 Å². The van der Waals surface area contributed by atoms with Crippen molar-refractivity contribution in [3.63, 3.8) is 0 Å². The summed E-state index contributed by atoms with van der Waals surface area (Å²) in [7, 11) is 0. The zero-order chi connectivity index (χ0) is 17.1. The number of carbonyl (C=O) groups excluding carboxylic acids is 1. The second-order valence-electron chi connectivity index (χ2n) is 5.11. The number of carbonyl (C=O) groups is 2. The quantitative estimate of drug-likeness (QED) is 0.670. The maximum absolute atomic E-state index is 12.2. The molecule has 0 bridgehead atoms. The van der Waals surface area contributed by atoms with Gasteiger partial charge in [0.15, 0.2) is 0 Å². The molecule has 3 rings (SSSR count). The lowest BCUT2D eigenvalue weighted by Crippen LogP contribution is -2.33. The summed E-state index contributed by atoms with van der Waals surface area (Å²) in [4.78, 5) is 24.5. The van der Waals surface area contributed by atoms with Crippen LogP contribution < -0.4 is 0 Å². The first kappa shape index (κ1) is 16.4. The number of thiocarbonyl (C=S) groups is 1. The number of thioether (sulfide) groups is 1. The normalized spacial score (nSPS) is 16.7. The molecule has 0 unspecified atom stereocenters. The predicted molar refractivity (Wildman–Crippen MR) is 101 cm³/mol. The summed E-state index contributed by atoms with van der Waals surface area (Å²) >= 11 is 6.18. The average molecular weight is 355 g/mol. The molecule has 0 aromatic heterocycles. The lowest BCUT2D eigenvalue weighted by atomic mass is 10.0. The minimum Gasteiger partial charge on any atom is -0.480 e. The van der Waals surface area contributed by atoms with Crippen molar-refractivity contribution in [2.75, 3.05) is 6.54 Å². The molecule has 6 heteroatoms. The SMILES string of the molecule is O=C(O)CN1C(=O)C(=CC=Cc2cccc3ccccc23)SC1=S. The lowest BCUT2D eigenvalue weighted by molar-refractivity contribution is -0.140. The van der Waals surface area contributed by atoms with Crippen molar-refractivity contribution < 1.29 is 14.7 Å². The van der Waals surface area contributed by atoms with Gasteiger partial charge in [-0.2, -0.15) is 0 Å². The number of aliphatic carboxylic acids is 1. The van der Waals surface area contributed by atoms with Crippen LogP contribution in [0.3, 0.4) is 0 Å². The molecule has 2 aromatic rings. The Kier molecular flexibility index (Phi) is 4.78. The molecular formula is C18H13NO3S2. The van der Waals surface area contributed by atoms with Crippen LogP contribution in [0.25, 0.3) is 16.8 Å². The van der Waals surface area contributed by atoms with E-state index in [-0.39, 0.29) is 10.2 Å². The third kappa shape index (κ3) is 3.39. The van der Waals surface area contributed by atoms with Crippen LogP contribution in [0.2, 0.25) is 0 Å². The van der Waals surface area contributed by atoms with Crippen molar-refractivity contribution in [3.05, 3.63) is 65.1 Å². The van der Waals surface area contributed by atoms with E-state index in [0.29, 0.717) is 4.91 Å². The Morgan fingerprint density at radius 1 is 1.21 bits per heavy atom. The summed E-state index contributed by atoms with van der Waals surface area (Å²) in [6, 6.07) is 14.1. The number of hydrogen-bond donors (Lipinski definition) is 1. The van der Waals surface area contributed by atoms with Crippen molar-refractivity contribution in [3.8, 4) is 0 Å². The van der Waals surface area contributed by atoms with Gasteiger partial charge < -0.3 is 5.11 Å². The highest BCUT2D eigenvalue weighted by molar-refractivity contribution is 8.26. The fourth-order valence-electron chi connectivity index (χ4n) is 2.42. The highest BCUT2D eigenvalue weighted by Gasteiger charge is 2.32. The van der Waals surface area contributed by atoms with E-state index in [1.807, 2.05) is 48.5 Å². The molecule has 0 spiro atoms. The number of rotatable bonds is 4. The summed E-state index contributed by atoms with van der Waals surface area (Å²) < 4.78 is 0.271. The lowest BCUT2D eigenvalue weighted by Gasteiger charge is -2.09. The summed E-state index contributed by atoms with van der Waals surface area (Å²) in [5.74, 6) is -1.45. The van der Waals surface area contributed by atoms with E-state index in [4.69, 9.17) is 17.3 Å². The second kappa shape index (κ2) is 6.98. The van der Waals surface area contributed by atoms with Crippen molar-refractivity contribution >= 4 is 57.0 Å². The molecule has 1 aliphatic rings. The zero-order valence-electron chi connectivity index (χ0n) is 12.5. The van der Waals surface area contributed by atoms with E-state index in [0.717, 1.165) is 33.0 Å². The molecule has 1 saturated heterocycles. The second-order valence-corrected chi connectivity index (χ2v) is 6.79. The van der Waals surface area contributed by atoms with Crippen LogP contribution in [0.1, 0.15) is 5.56 Å². The first-order valence-corrected chi connectivity index (χ1v) is 8.40. The van der Waals surface area contributed by atoms with Crippen LogP contribution in [-0.2, 0) is 9.59 Å². The van der Waals surface area contributed by atoms with Gasteiger partial charge in [0, 0.05) is 0 Å². The highest BCUT2D eigenvalue weighted by Crippen LogP contribution is 2.30. The van der Waals surface area contributed by atoms with E-state index in [1.165, 1.54) is 0 Å². The fraction of sp³-hybridized carbons (Fsp3) is 0.0556. The van der Waals surface area contributed by atoms with Crippen molar-refractivity contribution in [2.45, 2.75) is 0 Å². The van der Waals surface area contributed by atoms with Crippen LogP contribution in [0.5, 0.6) is 0 Å². The largest absolute Gasteiger partial charge is 0.480 e. The van der Waals surface area contributed by atoms with Crippen LogP contribution >= 0.6 is 24.0 Å². The first-order valence-electron chi connectivity index (χ1n) is 7.18. The monoisotopic (exact) mass is 355 g/mol. The Bertz CT molecular complexity index is 897. The Balaban J connectivity index is 1.83. The fourth-order valence-corrected chi connectivity index (χ4v) is 3.63. The average Bonchev–Trinajstić information content (AvgIpc) is 2.82. The number of fused-ring (bicyclic) bond motifs is 1. The third-order valence-corrected chi connectivity index (χ3v) is 4.91. The van der Waals surface area contributed by atoms with Gasteiger partial charge in [-0.25, -0.2) is 0 Å². The Labute approximate surface area is 148 Å². The molecular weight excluding hydrogens is 342 g/mol. The van der Waals surface area contributed by atoms with Gasteiger partial charge in [0.25, 0.3) is 5.91 Å². The Morgan fingerprint density at radius 2 is 1.96 bits per heavy atom. The predicted octanol–water partition coefficient (Wildman–Crippen LogP) is 3.68. The molecule has 24 heavy (non-hydrogen) atoms. The third-order valence-electron chi connectivity index (χ3n) is 3.51. The number of hydrogen-bond acceptors (Lipinski definition) is 4. The highest BCUT2D eigenvalue weighted by atomic mass is 32.2. The number of allylic oxidation sites excluding steroid dienone is 2. The van der Waals surface area contributed by atoms with Crippen molar-refractivity contribution in [2.24, 2.45) is 0 Å². The van der Waals surface area contributed by atoms with E-state index >= 15 is 0 Å². The molecule has 1 heterocycles. The number of nitrogens with zero attached hydrogens (tertiary/aromatic N) is 1. The van der Waals surface area contributed by atoms with E-state index < -0.39 is 12.5 Å². The van der Waals surface area contributed by atoms with Crippen LogP contribution in [0.4, 0.5) is 0 Å². The van der Waals surface area contributed by atoms with E-state index in [9.17, 15) is 9.59 Å². The minimum absolute atomic E-state index is 0.271. The molecule has 1 amide bonds. The topological polar surface area (TPSA) is 57.6 Å². The smallest absolute Gasteiger partial charge is 0.323 e. The number of carboxylic acids is 1. The molecule has 0 saturated carbocycles. The molecule has 1 N–H and O–H groups in total. The molecule has 4 nitrogen and oxygen atoms in total. The number of carboxylic acid groups (broad SMARTS) is 1. The van der Waals surface area contributed by atoms with Gasteiger partial charge in [-0.1, -0.05) is 78.6 Å². The molecule has 120 valence electrons. The van der Waals surface area contributed by atoms with Gasteiger partial charge in [-0.05, 0) is 22.4 Å². The van der Waals surface area contributed by atoms with E-state index in [1.54, 1.807) is 12.2 Å². The maximum Gasteiger partial charge on any atom is 0.323 e. The molecule has 0 aliphatic carbocycles. The van der Waals surface area contributed by atoms with Crippen molar-refractivity contribution in [1.82, 2.24) is 4.90 Å². The minimum atomic E-state index is -1.08. The maximum atomic E-state index is 12.2. The Hall–Kier alpha value is -2.44. The first-order chi connectivity index (χ1) is 11.6. The molecule has 1 fully saturated rings. The van der Waals surface area contributed by atoms with Gasteiger partial charge in [-0.3, -0.25) is 14.5 Å². The van der Waals surface area contributed by atoms with Crippen LogP contribution in [0.15, 0.2) is 59.5 Å². The van der Waals surface area contributed by atoms with Crippen molar-refractivity contribution in [1.29, 1.82) is 0 Å². The van der Waals surface area contributed by atoms with Gasteiger partial charge in [-0.15, -0.1) is 0 Å². The standard InChI is InChI=1S/C18H13NO3S2/c20-16(21)11-19-17(22)15(24-18(19)23)10-4-8-13-7-3-6-12-5-1-2-9-14(12)13/h1-10H,11H2,(H,20,21). The summed E-state index contributed by atoms with van der Waals surface area (Å²) in [6.07, 6.45) is 5.38. The van der Waals surface area contributed by atoms with Gasteiger partial charge >= 0.3 is 5.97 Å². The summed E-state index contributed by atoms with van der Waals surface area (Å²) in [5, 5.41) is 11.1. The van der Waals surface area contributed by atoms with Crippen LogP contribution in [0, 0.1) is 0 Å². The number of benzene rings is 2. The summed E-state index contributed by atoms with van der Waals surface area (Å²) in [6.45, 7) is -0.408. The molecule has 1 aliphatic heterocycles. The molecule has 2 aromatic carbocycles. The molecule has 0 radical (unpaired) electrons. The molecule has 0 atom stereocenters. The summed E-state index contributed by atoms with van der Waals surface area (Å²) in [5.41, 5.74) is 1.05. The van der Waals surface area contributed by atoms with Gasteiger partial charge in [0.05, 0.1) is 4.91 Å². The number of amides is 1. The zero-order valence-corrected chi connectivity index (χ0v) is 14.1. The Morgan fingerprint density at radius 3 is 2.75 bits per heavy atom. The van der Waals surface area contributed by atoms with Gasteiger partial charge in [0.1, 0.15) is 10.9 Å². The van der Waals surface area contributed by atoms with E-state index in [2.05, 4.69) is 0 Å². The van der Waals surface area contributed by atoms with Gasteiger partial charge in [0.2, 0.25) is 0 Å².